The average molecular weight is 362 g/mol. The fourth-order valence-electron chi connectivity index (χ4n) is 1.06. The maximum absolute atomic E-state index is 13.2. The third-order valence-electron chi connectivity index (χ3n) is 1.85. The van der Waals surface area contributed by atoms with Gasteiger partial charge in [-0.2, -0.15) is 0 Å². The second kappa shape index (κ2) is 7.28. The van der Waals surface area contributed by atoms with Crippen molar-refractivity contribution >= 4 is 35.7 Å². The summed E-state index contributed by atoms with van der Waals surface area (Å²) >= 11 is 3.19. The Hall–Kier alpha value is -0.370. The zero-order chi connectivity index (χ0) is 13.6. The Kier molecular flexibility index (Phi) is 6.34. The molecule has 0 saturated carbocycles. The molecular weight excluding hydrogens is 351 g/mol. The number of hydrogen-bond donors (Lipinski definition) is 0. The van der Waals surface area contributed by atoms with Crippen molar-refractivity contribution in [3.63, 3.8) is 0 Å². The molecule has 8 heteroatoms. The van der Waals surface area contributed by atoms with Gasteiger partial charge in [-0.05, 0) is 18.2 Å². The van der Waals surface area contributed by atoms with Crippen molar-refractivity contribution in [2.75, 3.05) is 25.6 Å². The molecule has 0 radical (unpaired) electrons. The van der Waals surface area contributed by atoms with Gasteiger partial charge in [0.05, 0.1) is 19.0 Å². The zero-order valence-corrected chi connectivity index (χ0v) is 12.4. The van der Waals surface area contributed by atoms with E-state index in [4.69, 9.17) is 20.2 Å². The lowest BCUT2D eigenvalue weighted by Crippen LogP contribution is -2.12. The summed E-state index contributed by atoms with van der Waals surface area (Å²) in [5, 5.41) is 0. The van der Waals surface area contributed by atoms with Gasteiger partial charge in [0.1, 0.15) is 6.61 Å². The van der Waals surface area contributed by atoms with Crippen molar-refractivity contribution in [1.29, 1.82) is 0 Å². The Bertz CT molecular complexity index is 495. The Balaban J connectivity index is 2.24. The van der Waals surface area contributed by atoms with Crippen molar-refractivity contribution in [3.8, 4) is 5.75 Å². The normalized spacial score (nSPS) is 11.5. The van der Waals surface area contributed by atoms with Gasteiger partial charge in [-0.15, -0.1) is 0 Å². The summed E-state index contributed by atoms with van der Waals surface area (Å²) in [6.07, 6.45) is 0. The van der Waals surface area contributed by atoms with E-state index in [1.165, 1.54) is 12.1 Å². The van der Waals surface area contributed by atoms with Crippen LogP contribution in [0.15, 0.2) is 22.7 Å². The largest absolute Gasteiger partial charge is 0.488 e. The Morgan fingerprint density at radius 2 is 2.00 bits per heavy atom. The highest BCUT2D eigenvalue weighted by Gasteiger charge is 2.05. The van der Waals surface area contributed by atoms with Gasteiger partial charge >= 0.3 is 0 Å². The predicted octanol–water partition coefficient (Wildman–Crippen LogP) is 2.55. The number of ether oxygens (including phenoxy) is 2. The van der Waals surface area contributed by atoms with Gasteiger partial charge in [0.25, 0.3) is 0 Å². The number of rotatable bonds is 7. The standard InChI is InChI=1S/C10H11BrClFO4S/c11-8-1-2-9(13)10(7-8)17-4-3-16-5-6-18(12,14)15/h1-2,7H,3-6H2. The van der Waals surface area contributed by atoms with Gasteiger partial charge < -0.3 is 9.47 Å². The van der Waals surface area contributed by atoms with E-state index in [1.807, 2.05) is 0 Å². The smallest absolute Gasteiger partial charge is 0.234 e. The van der Waals surface area contributed by atoms with Crippen molar-refractivity contribution in [1.82, 2.24) is 0 Å². The minimum absolute atomic E-state index is 0.0177. The second-order valence-corrected chi connectivity index (χ2v) is 7.09. The minimum Gasteiger partial charge on any atom is -0.488 e. The predicted molar refractivity (Wildman–Crippen MR) is 70.1 cm³/mol. The van der Waals surface area contributed by atoms with Crippen molar-refractivity contribution in [3.05, 3.63) is 28.5 Å². The molecule has 1 aromatic carbocycles. The SMILES string of the molecule is O=S(=O)(Cl)CCOCCOc1cc(Br)ccc1F. The highest BCUT2D eigenvalue weighted by Crippen LogP contribution is 2.21. The molecular formula is C10H11BrClFO4S. The summed E-state index contributed by atoms with van der Waals surface area (Å²) in [7, 11) is 1.45. The molecule has 0 N–H and O–H groups in total. The number of halogens is 3. The minimum atomic E-state index is -3.54. The highest BCUT2D eigenvalue weighted by molar-refractivity contribution is 9.10. The molecule has 0 unspecified atom stereocenters. The first-order chi connectivity index (χ1) is 8.38. The maximum atomic E-state index is 13.2. The molecule has 0 bridgehead atoms. The molecule has 0 aliphatic heterocycles. The molecule has 0 atom stereocenters. The van der Waals surface area contributed by atoms with Gasteiger partial charge in [-0.3, -0.25) is 0 Å². The van der Waals surface area contributed by atoms with Crippen LogP contribution in [0.5, 0.6) is 5.75 Å². The molecule has 0 amide bonds. The summed E-state index contributed by atoms with van der Waals surface area (Å²) in [5.74, 6) is -0.626. The third kappa shape index (κ3) is 6.53. The third-order valence-corrected chi connectivity index (χ3v) is 3.46. The monoisotopic (exact) mass is 360 g/mol. The van der Waals surface area contributed by atoms with Gasteiger partial charge in [0.2, 0.25) is 9.05 Å². The fourth-order valence-corrected chi connectivity index (χ4v) is 1.90. The zero-order valence-electron chi connectivity index (χ0n) is 9.24. The van der Waals surface area contributed by atoms with Crippen LogP contribution in [-0.2, 0) is 13.8 Å². The summed E-state index contributed by atoms with van der Waals surface area (Å²) < 4.78 is 45.2. The molecule has 0 saturated heterocycles. The van der Waals surface area contributed by atoms with E-state index < -0.39 is 14.9 Å². The Morgan fingerprint density at radius 3 is 2.67 bits per heavy atom. The Labute approximate surface area is 118 Å². The molecule has 1 aromatic rings. The van der Waals surface area contributed by atoms with Crippen LogP contribution in [0.1, 0.15) is 0 Å². The summed E-state index contributed by atoms with van der Waals surface area (Å²) in [4.78, 5) is 0. The molecule has 1 rings (SSSR count). The summed E-state index contributed by atoms with van der Waals surface area (Å²) in [6.45, 7) is 0.254. The molecule has 18 heavy (non-hydrogen) atoms. The summed E-state index contributed by atoms with van der Waals surface area (Å²) in [5.41, 5.74) is 0. The second-order valence-electron chi connectivity index (χ2n) is 3.28. The number of benzene rings is 1. The highest BCUT2D eigenvalue weighted by atomic mass is 79.9. The lowest BCUT2D eigenvalue weighted by molar-refractivity contribution is 0.110. The summed E-state index contributed by atoms with van der Waals surface area (Å²) in [6, 6.07) is 4.34. The Morgan fingerprint density at radius 1 is 1.28 bits per heavy atom. The van der Waals surface area contributed by atoms with Crippen LogP contribution in [0, 0.1) is 5.82 Å². The lowest BCUT2D eigenvalue weighted by atomic mass is 10.3. The molecule has 4 nitrogen and oxygen atoms in total. The molecule has 0 aliphatic rings. The van der Waals surface area contributed by atoms with Crippen LogP contribution in [0.2, 0.25) is 0 Å². The van der Waals surface area contributed by atoms with Crippen LogP contribution < -0.4 is 4.74 Å². The van der Waals surface area contributed by atoms with Crippen LogP contribution in [-0.4, -0.2) is 34.0 Å². The van der Waals surface area contributed by atoms with E-state index in [2.05, 4.69) is 15.9 Å². The first-order valence-electron chi connectivity index (χ1n) is 4.96. The van der Waals surface area contributed by atoms with Crippen molar-refractivity contribution in [2.45, 2.75) is 0 Å². The average Bonchev–Trinajstić information content (AvgIpc) is 2.26. The topological polar surface area (TPSA) is 52.6 Å². The first-order valence-corrected chi connectivity index (χ1v) is 8.23. The van der Waals surface area contributed by atoms with E-state index in [0.29, 0.717) is 4.47 Å². The molecule has 0 heterocycles. The van der Waals surface area contributed by atoms with Gasteiger partial charge in [-0.1, -0.05) is 15.9 Å². The lowest BCUT2D eigenvalue weighted by Gasteiger charge is -2.07. The van der Waals surface area contributed by atoms with Gasteiger partial charge in [0, 0.05) is 15.2 Å². The van der Waals surface area contributed by atoms with Crippen LogP contribution in [0.4, 0.5) is 4.39 Å². The van der Waals surface area contributed by atoms with E-state index in [-0.39, 0.29) is 31.3 Å². The van der Waals surface area contributed by atoms with Crippen LogP contribution in [0.25, 0.3) is 0 Å². The molecule has 0 aliphatic carbocycles. The van der Waals surface area contributed by atoms with Crippen LogP contribution in [0.3, 0.4) is 0 Å². The molecule has 102 valence electrons. The molecule has 0 fully saturated rings. The van der Waals surface area contributed by atoms with E-state index >= 15 is 0 Å². The van der Waals surface area contributed by atoms with E-state index in [1.54, 1.807) is 6.07 Å². The first kappa shape index (κ1) is 15.7. The van der Waals surface area contributed by atoms with Crippen molar-refractivity contribution in [2.24, 2.45) is 0 Å². The van der Waals surface area contributed by atoms with E-state index in [9.17, 15) is 12.8 Å². The quantitative estimate of drug-likeness (QED) is 0.553. The van der Waals surface area contributed by atoms with Crippen LogP contribution >= 0.6 is 26.6 Å². The fraction of sp³-hybridized carbons (Fsp3) is 0.400. The molecule has 0 aromatic heterocycles. The van der Waals surface area contributed by atoms with Gasteiger partial charge in [0.15, 0.2) is 11.6 Å². The van der Waals surface area contributed by atoms with E-state index in [0.717, 1.165) is 0 Å². The maximum Gasteiger partial charge on any atom is 0.234 e. The van der Waals surface area contributed by atoms with Gasteiger partial charge in [-0.25, -0.2) is 12.8 Å². The number of hydrogen-bond acceptors (Lipinski definition) is 4. The molecule has 0 spiro atoms. The van der Waals surface area contributed by atoms with Crippen molar-refractivity contribution < 1.29 is 22.3 Å².